The van der Waals surface area contributed by atoms with Gasteiger partial charge in [-0.15, -0.1) is 0 Å². The quantitative estimate of drug-likeness (QED) is 0.714. The van der Waals surface area contributed by atoms with Gasteiger partial charge in [0.25, 0.3) is 5.91 Å². The van der Waals surface area contributed by atoms with Crippen molar-refractivity contribution in [3.05, 3.63) is 48.2 Å². The van der Waals surface area contributed by atoms with E-state index in [-0.39, 0.29) is 17.7 Å². The minimum Gasteiger partial charge on any atom is -0.439 e. The summed E-state index contributed by atoms with van der Waals surface area (Å²) in [5.74, 6) is 2.03. The van der Waals surface area contributed by atoms with Crippen LogP contribution in [0.1, 0.15) is 62.2 Å². The van der Waals surface area contributed by atoms with E-state index in [0.717, 1.165) is 51.6 Å². The number of piperidine rings is 1. The van der Waals surface area contributed by atoms with Gasteiger partial charge in [-0.25, -0.2) is 4.98 Å². The van der Waals surface area contributed by atoms with Gasteiger partial charge < -0.3 is 15.0 Å². The van der Waals surface area contributed by atoms with Gasteiger partial charge in [0.05, 0.1) is 11.9 Å². The van der Waals surface area contributed by atoms with Gasteiger partial charge in [0, 0.05) is 30.6 Å². The minimum absolute atomic E-state index is 0.0784. The second-order valence-electron chi connectivity index (χ2n) is 8.81. The zero-order chi connectivity index (χ0) is 21.6. The van der Waals surface area contributed by atoms with Crippen LogP contribution >= 0.6 is 0 Å². The van der Waals surface area contributed by atoms with Crippen molar-refractivity contribution in [2.75, 3.05) is 18.4 Å². The Morgan fingerprint density at radius 1 is 0.968 bits per heavy atom. The number of carbonyl (C=O) groups excluding carboxylic acids is 2. The molecule has 0 atom stereocenters. The lowest BCUT2D eigenvalue weighted by Gasteiger charge is -2.30. The molecule has 1 aliphatic heterocycles. The Kier molecular flexibility index (Phi) is 6.85. The highest BCUT2D eigenvalue weighted by molar-refractivity contribution is 5.94. The summed E-state index contributed by atoms with van der Waals surface area (Å²) in [7, 11) is 0. The normalized spacial score (nSPS) is 17.9. The summed E-state index contributed by atoms with van der Waals surface area (Å²) in [5.41, 5.74) is 1.36. The van der Waals surface area contributed by atoms with Gasteiger partial charge in [0.2, 0.25) is 11.8 Å². The molecule has 1 aromatic heterocycles. The van der Waals surface area contributed by atoms with Crippen molar-refractivity contribution in [3.8, 4) is 11.6 Å². The second-order valence-corrected chi connectivity index (χ2v) is 8.81. The minimum atomic E-state index is 0.0784. The average molecular weight is 422 g/mol. The number of hydrogen-bond acceptors (Lipinski definition) is 4. The average Bonchev–Trinajstić information content (AvgIpc) is 2.81. The number of benzene rings is 1. The fourth-order valence-electron chi connectivity index (χ4n) is 4.30. The maximum atomic E-state index is 12.7. The number of amides is 2. The van der Waals surface area contributed by atoms with Crippen molar-refractivity contribution >= 4 is 17.5 Å². The molecule has 6 heteroatoms. The largest absolute Gasteiger partial charge is 0.439 e. The van der Waals surface area contributed by atoms with Crippen LogP contribution in [0, 0.1) is 11.8 Å². The Labute approximate surface area is 184 Å². The van der Waals surface area contributed by atoms with E-state index in [9.17, 15) is 9.59 Å². The van der Waals surface area contributed by atoms with Crippen molar-refractivity contribution in [3.63, 3.8) is 0 Å². The molecule has 2 heterocycles. The summed E-state index contributed by atoms with van der Waals surface area (Å²) < 4.78 is 5.80. The number of carbonyl (C=O) groups is 2. The smallest absolute Gasteiger partial charge is 0.253 e. The molecule has 6 nitrogen and oxygen atoms in total. The van der Waals surface area contributed by atoms with Gasteiger partial charge in [0.1, 0.15) is 5.75 Å². The van der Waals surface area contributed by atoms with Crippen LogP contribution in [0.25, 0.3) is 0 Å². The lowest BCUT2D eigenvalue weighted by atomic mass is 9.88. The van der Waals surface area contributed by atoms with E-state index in [4.69, 9.17) is 4.74 Å². The van der Waals surface area contributed by atoms with E-state index in [2.05, 4.69) is 17.2 Å². The fourth-order valence-corrected chi connectivity index (χ4v) is 4.30. The molecular formula is C25H31N3O3. The summed E-state index contributed by atoms with van der Waals surface area (Å²) in [6, 6.07) is 10.7. The van der Waals surface area contributed by atoms with Crippen LogP contribution in [0.2, 0.25) is 0 Å². The summed E-state index contributed by atoms with van der Waals surface area (Å²) in [6.07, 6.45) is 9.17. The predicted octanol–water partition coefficient (Wildman–Crippen LogP) is 5.26. The molecule has 164 valence electrons. The number of rotatable bonds is 5. The molecule has 2 fully saturated rings. The van der Waals surface area contributed by atoms with Crippen LogP contribution in [0.4, 0.5) is 5.69 Å². The molecule has 0 radical (unpaired) electrons. The number of nitrogens with one attached hydrogen (secondary N) is 1. The van der Waals surface area contributed by atoms with Gasteiger partial charge in [-0.05, 0) is 61.9 Å². The molecule has 0 spiro atoms. The Bertz CT molecular complexity index is 881. The third kappa shape index (κ3) is 5.63. The van der Waals surface area contributed by atoms with Crippen molar-refractivity contribution in [1.82, 2.24) is 9.88 Å². The summed E-state index contributed by atoms with van der Waals surface area (Å²) in [6.45, 7) is 3.89. The number of anilines is 1. The molecule has 2 aliphatic rings. The Balaban J connectivity index is 1.30. The maximum absolute atomic E-state index is 12.7. The molecule has 1 aromatic carbocycles. The highest BCUT2D eigenvalue weighted by Crippen LogP contribution is 2.26. The molecule has 1 aliphatic carbocycles. The first-order valence-electron chi connectivity index (χ1n) is 11.4. The first-order chi connectivity index (χ1) is 15.1. The topological polar surface area (TPSA) is 71.5 Å². The number of hydrogen-bond donors (Lipinski definition) is 1. The first-order valence-corrected chi connectivity index (χ1v) is 11.4. The van der Waals surface area contributed by atoms with Gasteiger partial charge in [-0.2, -0.15) is 0 Å². The summed E-state index contributed by atoms with van der Waals surface area (Å²) in [5, 5.41) is 2.96. The molecule has 1 saturated carbocycles. The molecule has 0 bridgehead atoms. The molecule has 31 heavy (non-hydrogen) atoms. The molecule has 1 N–H and O–H groups in total. The highest BCUT2D eigenvalue weighted by atomic mass is 16.5. The maximum Gasteiger partial charge on any atom is 0.253 e. The van der Waals surface area contributed by atoms with Crippen LogP contribution in [-0.4, -0.2) is 34.8 Å². The third-order valence-electron chi connectivity index (χ3n) is 6.37. The van der Waals surface area contributed by atoms with Crippen LogP contribution in [0.3, 0.4) is 0 Å². The van der Waals surface area contributed by atoms with E-state index >= 15 is 0 Å². The number of aromatic nitrogens is 1. The second kappa shape index (κ2) is 9.94. The van der Waals surface area contributed by atoms with Gasteiger partial charge in [-0.1, -0.05) is 26.2 Å². The zero-order valence-electron chi connectivity index (χ0n) is 18.2. The van der Waals surface area contributed by atoms with Crippen molar-refractivity contribution in [1.29, 1.82) is 0 Å². The van der Waals surface area contributed by atoms with E-state index < -0.39 is 0 Å². The Morgan fingerprint density at radius 2 is 1.68 bits per heavy atom. The van der Waals surface area contributed by atoms with Crippen molar-refractivity contribution in [2.24, 2.45) is 11.8 Å². The molecule has 2 aromatic rings. The lowest BCUT2D eigenvalue weighted by Crippen LogP contribution is -2.37. The molecular weight excluding hydrogens is 390 g/mol. The standard InChI is InChI=1S/C25H31N3O3/c1-18-13-15-28(16-14-18)25(30)20-7-10-22(11-8-20)31-23-12-9-21(17-26-23)27-24(29)19-5-3-2-4-6-19/h7-12,17-19H,2-6,13-16H2,1H3,(H,27,29). The van der Waals surface area contributed by atoms with Crippen LogP contribution in [0.15, 0.2) is 42.6 Å². The Hall–Kier alpha value is -2.89. The third-order valence-corrected chi connectivity index (χ3v) is 6.37. The van der Waals surface area contributed by atoms with Gasteiger partial charge in [0.15, 0.2) is 0 Å². The van der Waals surface area contributed by atoms with Crippen LogP contribution in [0.5, 0.6) is 11.6 Å². The molecule has 2 amide bonds. The van der Waals surface area contributed by atoms with Crippen LogP contribution in [-0.2, 0) is 4.79 Å². The molecule has 4 rings (SSSR count). The molecule has 0 unspecified atom stereocenters. The van der Waals surface area contributed by atoms with E-state index in [0.29, 0.717) is 28.8 Å². The Morgan fingerprint density at radius 3 is 2.32 bits per heavy atom. The zero-order valence-corrected chi connectivity index (χ0v) is 18.2. The molecule has 1 saturated heterocycles. The van der Waals surface area contributed by atoms with E-state index in [1.807, 2.05) is 4.90 Å². The number of nitrogens with zero attached hydrogens (tertiary/aromatic N) is 2. The SMILES string of the molecule is CC1CCN(C(=O)c2ccc(Oc3ccc(NC(=O)C4CCCCC4)cn3)cc2)CC1. The monoisotopic (exact) mass is 421 g/mol. The summed E-state index contributed by atoms with van der Waals surface area (Å²) in [4.78, 5) is 31.2. The lowest BCUT2D eigenvalue weighted by molar-refractivity contribution is -0.120. The fraction of sp³-hybridized carbons (Fsp3) is 0.480. The predicted molar refractivity (Wildman–Crippen MR) is 120 cm³/mol. The van der Waals surface area contributed by atoms with Crippen molar-refractivity contribution in [2.45, 2.75) is 51.9 Å². The van der Waals surface area contributed by atoms with Gasteiger partial charge >= 0.3 is 0 Å². The van der Waals surface area contributed by atoms with E-state index in [1.54, 1.807) is 42.6 Å². The first kappa shape index (κ1) is 21.3. The number of ether oxygens (including phenoxy) is 1. The summed E-state index contributed by atoms with van der Waals surface area (Å²) >= 11 is 0. The van der Waals surface area contributed by atoms with Crippen LogP contribution < -0.4 is 10.1 Å². The van der Waals surface area contributed by atoms with Gasteiger partial charge in [-0.3, -0.25) is 9.59 Å². The number of likely N-dealkylation sites (tertiary alicyclic amines) is 1. The van der Waals surface area contributed by atoms with Crippen molar-refractivity contribution < 1.29 is 14.3 Å². The van der Waals surface area contributed by atoms with E-state index in [1.165, 1.54) is 6.42 Å². The highest BCUT2D eigenvalue weighted by Gasteiger charge is 2.22. The number of pyridine rings is 1.